The molecule has 2 unspecified atom stereocenters. The quantitative estimate of drug-likeness (QED) is 0.634. The summed E-state index contributed by atoms with van der Waals surface area (Å²) in [6, 6.07) is 0.481. The lowest BCUT2D eigenvalue weighted by Gasteiger charge is -2.39. The molecule has 17 heavy (non-hydrogen) atoms. The molecule has 88 valence electrons. The average molecular weight is 227 g/mol. The Morgan fingerprint density at radius 3 is 3.18 bits per heavy atom. The van der Waals surface area contributed by atoms with E-state index in [4.69, 9.17) is 0 Å². The lowest BCUT2D eigenvalue weighted by molar-refractivity contribution is -0.116. The van der Waals surface area contributed by atoms with E-state index in [1.165, 1.54) is 24.1 Å². The summed E-state index contributed by atoms with van der Waals surface area (Å²) >= 11 is 0. The Balaban J connectivity index is 1.91. The van der Waals surface area contributed by atoms with Crippen molar-refractivity contribution in [2.24, 2.45) is 5.92 Å². The van der Waals surface area contributed by atoms with Crippen molar-refractivity contribution in [1.82, 2.24) is 4.90 Å². The van der Waals surface area contributed by atoms with Crippen molar-refractivity contribution in [2.45, 2.75) is 38.1 Å². The van der Waals surface area contributed by atoms with Gasteiger partial charge in [0.25, 0.3) is 0 Å². The van der Waals surface area contributed by atoms with Gasteiger partial charge in [-0.2, -0.15) is 0 Å². The number of Topliss-reactive ketones (excluding diaryl/α,β-unsaturated/α-hetero) is 1. The maximum atomic E-state index is 12.2. The van der Waals surface area contributed by atoms with E-state index in [9.17, 15) is 4.79 Å². The SMILES string of the molecule is O=C1CCC2CCCN3C2=C1C1=CC=CCC13. The molecule has 2 nitrogen and oxygen atoms in total. The van der Waals surface area contributed by atoms with E-state index < -0.39 is 0 Å². The van der Waals surface area contributed by atoms with Crippen molar-refractivity contribution in [1.29, 1.82) is 0 Å². The molecule has 0 radical (unpaired) electrons. The van der Waals surface area contributed by atoms with Crippen LogP contribution in [0, 0.1) is 5.92 Å². The van der Waals surface area contributed by atoms with Crippen molar-refractivity contribution in [3.8, 4) is 0 Å². The molecule has 1 saturated heterocycles. The number of allylic oxidation sites excluding steroid dienone is 3. The third-order valence-corrected chi connectivity index (χ3v) is 4.70. The number of piperidine rings is 1. The molecule has 0 aromatic heterocycles. The molecular formula is C15H17NO. The van der Waals surface area contributed by atoms with Crippen molar-refractivity contribution in [3.05, 3.63) is 35.1 Å². The topological polar surface area (TPSA) is 20.3 Å². The Kier molecular flexibility index (Phi) is 1.91. The van der Waals surface area contributed by atoms with E-state index in [0.29, 0.717) is 17.7 Å². The zero-order valence-electron chi connectivity index (χ0n) is 9.98. The summed E-state index contributed by atoms with van der Waals surface area (Å²) in [5.74, 6) is 1.06. The van der Waals surface area contributed by atoms with Gasteiger partial charge in [0.05, 0.1) is 6.04 Å². The zero-order valence-corrected chi connectivity index (χ0v) is 9.98. The van der Waals surface area contributed by atoms with Crippen LogP contribution >= 0.6 is 0 Å². The normalized spacial score (nSPS) is 34.7. The van der Waals surface area contributed by atoms with Crippen molar-refractivity contribution >= 4 is 5.78 Å². The van der Waals surface area contributed by atoms with Gasteiger partial charge in [0.15, 0.2) is 5.78 Å². The number of fused-ring (bicyclic) bond motifs is 3. The third-order valence-electron chi connectivity index (χ3n) is 4.70. The van der Waals surface area contributed by atoms with Crippen LogP contribution in [-0.2, 0) is 4.79 Å². The Labute approximate surface area is 102 Å². The Hall–Kier alpha value is -1.31. The van der Waals surface area contributed by atoms with Crippen LogP contribution < -0.4 is 0 Å². The Morgan fingerprint density at radius 1 is 1.29 bits per heavy atom. The molecular weight excluding hydrogens is 210 g/mol. The van der Waals surface area contributed by atoms with Gasteiger partial charge in [-0.3, -0.25) is 4.79 Å². The molecule has 0 saturated carbocycles. The standard InChI is InChI=1S/C15H17NO/c17-13-8-7-10-4-3-9-16-12-6-2-1-5-11(12)14(13)15(10)16/h1-2,5,10,12H,3-4,6-9H2. The minimum Gasteiger partial charge on any atom is -0.367 e. The number of rotatable bonds is 0. The average Bonchev–Trinajstić information content (AvgIpc) is 2.71. The summed E-state index contributed by atoms with van der Waals surface area (Å²) in [4.78, 5) is 14.7. The van der Waals surface area contributed by atoms with Crippen LogP contribution in [0.25, 0.3) is 0 Å². The molecule has 1 fully saturated rings. The van der Waals surface area contributed by atoms with Gasteiger partial charge in [-0.15, -0.1) is 0 Å². The van der Waals surface area contributed by atoms with Gasteiger partial charge in [0.2, 0.25) is 0 Å². The van der Waals surface area contributed by atoms with Crippen molar-refractivity contribution in [3.63, 3.8) is 0 Å². The highest BCUT2D eigenvalue weighted by Gasteiger charge is 2.45. The second kappa shape index (κ2) is 3.34. The summed E-state index contributed by atoms with van der Waals surface area (Å²) in [7, 11) is 0. The fourth-order valence-corrected chi connectivity index (χ4v) is 4.00. The highest BCUT2D eigenvalue weighted by molar-refractivity contribution is 6.02. The molecule has 0 bridgehead atoms. The number of ketones is 1. The molecule has 0 amide bonds. The van der Waals surface area contributed by atoms with Gasteiger partial charge in [-0.1, -0.05) is 18.2 Å². The van der Waals surface area contributed by atoms with E-state index in [-0.39, 0.29) is 0 Å². The molecule has 2 atom stereocenters. The molecule has 2 heteroatoms. The molecule has 0 spiro atoms. The fraction of sp³-hybridized carbons (Fsp3) is 0.533. The number of hydrogen-bond donors (Lipinski definition) is 0. The van der Waals surface area contributed by atoms with E-state index in [1.807, 2.05) is 0 Å². The summed E-state index contributed by atoms with van der Waals surface area (Å²) in [5, 5.41) is 0. The van der Waals surface area contributed by atoms with Crippen LogP contribution in [0.2, 0.25) is 0 Å². The highest BCUT2D eigenvalue weighted by Crippen LogP contribution is 2.48. The molecule has 0 aromatic carbocycles. The molecule has 0 N–H and O–H groups in total. The second-order valence-corrected chi connectivity index (χ2v) is 5.56. The molecule has 2 aliphatic carbocycles. The van der Waals surface area contributed by atoms with Crippen LogP contribution in [0.3, 0.4) is 0 Å². The van der Waals surface area contributed by atoms with Crippen LogP contribution in [0.15, 0.2) is 35.1 Å². The van der Waals surface area contributed by atoms with Crippen LogP contribution in [0.5, 0.6) is 0 Å². The third kappa shape index (κ3) is 1.18. The number of carbonyl (C=O) groups is 1. The van der Waals surface area contributed by atoms with E-state index in [1.54, 1.807) is 0 Å². The maximum Gasteiger partial charge on any atom is 0.165 e. The first-order valence-electron chi connectivity index (χ1n) is 6.77. The number of carbonyl (C=O) groups excluding carboxylic acids is 1. The lowest BCUT2D eigenvalue weighted by atomic mass is 9.80. The first-order valence-corrected chi connectivity index (χ1v) is 6.77. The summed E-state index contributed by atoms with van der Waals surface area (Å²) < 4.78 is 0. The summed E-state index contributed by atoms with van der Waals surface area (Å²) in [6.07, 6.45) is 12.1. The fourth-order valence-electron chi connectivity index (χ4n) is 4.00. The summed E-state index contributed by atoms with van der Waals surface area (Å²) in [6.45, 7) is 1.15. The predicted octanol–water partition coefficient (Wildman–Crippen LogP) is 2.58. The molecule has 0 aromatic rings. The van der Waals surface area contributed by atoms with E-state index >= 15 is 0 Å². The Bertz CT molecular complexity index is 483. The molecule has 4 aliphatic rings. The molecule has 2 heterocycles. The van der Waals surface area contributed by atoms with Crippen LogP contribution in [0.4, 0.5) is 0 Å². The number of hydrogen-bond acceptors (Lipinski definition) is 2. The van der Waals surface area contributed by atoms with Crippen molar-refractivity contribution < 1.29 is 4.79 Å². The van der Waals surface area contributed by atoms with Gasteiger partial charge in [0, 0.05) is 30.2 Å². The minimum absolute atomic E-state index is 0.396. The van der Waals surface area contributed by atoms with Crippen LogP contribution in [0.1, 0.15) is 32.1 Å². The Morgan fingerprint density at radius 2 is 2.24 bits per heavy atom. The monoisotopic (exact) mass is 227 g/mol. The molecule has 4 rings (SSSR count). The minimum atomic E-state index is 0.396. The van der Waals surface area contributed by atoms with Gasteiger partial charge in [-0.25, -0.2) is 0 Å². The van der Waals surface area contributed by atoms with E-state index in [0.717, 1.165) is 31.4 Å². The molecule has 2 aliphatic heterocycles. The van der Waals surface area contributed by atoms with Gasteiger partial charge >= 0.3 is 0 Å². The van der Waals surface area contributed by atoms with Crippen molar-refractivity contribution in [2.75, 3.05) is 6.54 Å². The van der Waals surface area contributed by atoms with Gasteiger partial charge in [0.1, 0.15) is 0 Å². The zero-order chi connectivity index (χ0) is 11.4. The number of nitrogens with zero attached hydrogens (tertiary/aromatic N) is 1. The first kappa shape index (κ1) is 9.69. The lowest BCUT2D eigenvalue weighted by Crippen LogP contribution is -2.38. The smallest absolute Gasteiger partial charge is 0.165 e. The summed E-state index contributed by atoms with van der Waals surface area (Å²) in [5.41, 5.74) is 3.84. The first-order chi connectivity index (χ1) is 8.36. The largest absolute Gasteiger partial charge is 0.367 e. The highest BCUT2D eigenvalue weighted by atomic mass is 16.1. The second-order valence-electron chi connectivity index (χ2n) is 5.56. The van der Waals surface area contributed by atoms with Gasteiger partial charge in [-0.05, 0) is 31.3 Å². The van der Waals surface area contributed by atoms with E-state index in [2.05, 4.69) is 23.1 Å². The maximum absolute atomic E-state index is 12.2. The van der Waals surface area contributed by atoms with Gasteiger partial charge < -0.3 is 4.90 Å². The predicted molar refractivity (Wildman–Crippen MR) is 66.3 cm³/mol. The van der Waals surface area contributed by atoms with Crippen LogP contribution in [-0.4, -0.2) is 23.3 Å².